The van der Waals surface area contributed by atoms with Gasteiger partial charge in [0.05, 0.1) is 0 Å². The van der Waals surface area contributed by atoms with Gasteiger partial charge in [0.2, 0.25) is 5.91 Å². The van der Waals surface area contributed by atoms with Crippen molar-refractivity contribution in [3.05, 3.63) is 35.4 Å². The summed E-state index contributed by atoms with van der Waals surface area (Å²) in [6.45, 7) is 11.9. The van der Waals surface area contributed by atoms with Gasteiger partial charge >= 0.3 is 6.09 Å². The molecule has 25 heavy (non-hydrogen) atoms. The number of hydrogen-bond acceptors (Lipinski definition) is 4. The molecule has 0 spiro atoms. The van der Waals surface area contributed by atoms with E-state index in [9.17, 15) is 9.59 Å². The quantitative estimate of drug-likeness (QED) is 0.912. The largest absolute Gasteiger partial charge is 0.444 e. The lowest BCUT2D eigenvalue weighted by Crippen LogP contribution is -2.54. The second-order valence-corrected chi connectivity index (χ2v) is 7.68. The first-order chi connectivity index (χ1) is 11.6. The van der Waals surface area contributed by atoms with Crippen molar-refractivity contribution in [1.82, 2.24) is 9.80 Å². The summed E-state index contributed by atoms with van der Waals surface area (Å²) in [7, 11) is 0. The molecular weight excluding hydrogens is 318 g/mol. The Bertz CT molecular complexity index is 622. The van der Waals surface area contributed by atoms with Gasteiger partial charge in [-0.1, -0.05) is 12.1 Å². The van der Waals surface area contributed by atoms with Gasteiger partial charge in [0.15, 0.2) is 0 Å². The van der Waals surface area contributed by atoms with Crippen LogP contribution in [0.3, 0.4) is 0 Å². The molecule has 1 aliphatic rings. The Hall–Kier alpha value is -2.08. The predicted molar refractivity (Wildman–Crippen MR) is 97.3 cm³/mol. The highest BCUT2D eigenvalue weighted by molar-refractivity contribution is 5.92. The summed E-state index contributed by atoms with van der Waals surface area (Å²) in [6, 6.07) is 7.81. The van der Waals surface area contributed by atoms with Gasteiger partial charge in [-0.05, 0) is 52.3 Å². The Morgan fingerprint density at radius 2 is 1.80 bits per heavy atom. The second-order valence-electron chi connectivity index (χ2n) is 7.68. The van der Waals surface area contributed by atoms with Crippen LogP contribution in [0, 0.1) is 0 Å². The van der Waals surface area contributed by atoms with E-state index in [1.165, 1.54) is 0 Å². The number of hydrogen-bond donors (Lipinski definition) is 1. The number of nitrogens with zero attached hydrogens (tertiary/aromatic N) is 2. The highest BCUT2D eigenvalue weighted by atomic mass is 16.6. The summed E-state index contributed by atoms with van der Waals surface area (Å²) in [4.78, 5) is 27.6. The van der Waals surface area contributed by atoms with Gasteiger partial charge in [-0.25, -0.2) is 4.79 Å². The molecule has 1 heterocycles. The molecule has 138 valence electrons. The SMILES string of the molecule is CC1CN(C(=O)OC(C)(C)C)CCN1C(C)c1ccc(C(N)=O)cc1. The van der Waals surface area contributed by atoms with Crippen molar-refractivity contribution >= 4 is 12.0 Å². The Labute approximate surface area is 149 Å². The van der Waals surface area contributed by atoms with Crippen LogP contribution in [0.1, 0.15) is 56.6 Å². The number of carbonyl (C=O) groups excluding carboxylic acids is 2. The van der Waals surface area contributed by atoms with E-state index in [0.717, 1.165) is 12.1 Å². The van der Waals surface area contributed by atoms with Crippen LogP contribution >= 0.6 is 0 Å². The van der Waals surface area contributed by atoms with E-state index in [1.54, 1.807) is 17.0 Å². The maximum Gasteiger partial charge on any atom is 0.410 e. The fourth-order valence-electron chi connectivity index (χ4n) is 3.16. The summed E-state index contributed by atoms with van der Waals surface area (Å²) in [5.41, 5.74) is 6.45. The highest BCUT2D eigenvalue weighted by Crippen LogP contribution is 2.26. The molecular formula is C19H29N3O3. The fourth-order valence-corrected chi connectivity index (χ4v) is 3.16. The first kappa shape index (κ1) is 19.2. The van der Waals surface area contributed by atoms with Crippen LogP contribution in [0.5, 0.6) is 0 Å². The van der Waals surface area contributed by atoms with E-state index in [2.05, 4.69) is 18.7 Å². The van der Waals surface area contributed by atoms with Crippen molar-refractivity contribution in [1.29, 1.82) is 0 Å². The monoisotopic (exact) mass is 347 g/mol. The zero-order valence-electron chi connectivity index (χ0n) is 15.8. The number of benzene rings is 1. The van der Waals surface area contributed by atoms with Crippen molar-refractivity contribution in [3.63, 3.8) is 0 Å². The van der Waals surface area contributed by atoms with E-state index in [1.807, 2.05) is 32.9 Å². The average molecular weight is 347 g/mol. The number of nitrogens with two attached hydrogens (primary N) is 1. The maximum atomic E-state index is 12.2. The molecule has 0 bridgehead atoms. The molecule has 6 heteroatoms. The van der Waals surface area contributed by atoms with Crippen LogP contribution in [0.15, 0.2) is 24.3 Å². The standard InChI is InChI=1S/C19H29N3O3/c1-13-12-21(18(24)25-19(3,4)5)10-11-22(13)14(2)15-6-8-16(9-7-15)17(20)23/h6-9,13-14H,10-12H2,1-5H3,(H2,20,23). The molecule has 0 saturated carbocycles. The Balaban J connectivity index is 2.00. The van der Waals surface area contributed by atoms with Gasteiger partial charge < -0.3 is 15.4 Å². The Morgan fingerprint density at radius 1 is 1.20 bits per heavy atom. The molecule has 2 amide bonds. The van der Waals surface area contributed by atoms with Crippen molar-refractivity contribution < 1.29 is 14.3 Å². The summed E-state index contributed by atoms with van der Waals surface area (Å²) in [5.74, 6) is -0.418. The molecule has 2 N–H and O–H groups in total. The molecule has 1 saturated heterocycles. The molecule has 0 aromatic heterocycles. The Morgan fingerprint density at radius 3 is 2.28 bits per heavy atom. The van der Waals surface area contributed by atoms with Gasteiger partial charge in [0.25, 0.3) is 0 Å². The molecule has 2 atom stereocenters. The highest BCUT2D eigenvalue weighted by Gasteiger charge is 2.32. The summed E-state index contributed by atoms with van der Waals surface area (Å²) in [5, 5.41) is 0. The summed E-state index contributed by atoms with van der Waals surface area (Å²) < 4.78 is 5.47. The number of amides is 2. The smallest absolute Gasteiger partial charge is 0.410 e. The normalized spacial score (nSPS) is 20.2. The number of rotatable bonds is 3. The Kier molecular flexibility index (Phi) is 5.72. The third kappa shape index (κ3) is 4.95. The lowest BCUT2D eigenvalue weighted by Gasteiger charge is -2.43. The van der Waals surface area contributed by atoms with Crippen LogP contribution in [0.25, 0.3) is 0 Å². The minimum absolute atomic E-state index is 0.192. The van der Waals surface area contributed by atoms with E-state index in [4.69, 9.17) is 10.5 Å². The molecule has 1 fully saturated rings. The number of ether oxygens (including phenoxy) is 1. The van der Waals surface area contributed by atoms with Crippen LogP contribution in [-0.2, 0) is 4.74 Å². The molecule has 2 unspecified atom stereocenters. The average Bonchev–Trinajstić information content (AvgIpc) is 2.52. The lowest BCUT2D eigenvalue weighted by atomic mass is 10.0. The van der Waals surface area contributed by atoms with Crippen molar-refractivity contribution in [2.45, 2.75) is 52.3 Å². The zero-order valence-corrected chi connectivity index (χ0v) is 15.8. The number of primary amides is 1. The van der Waals surface area contributed by atoms with Crippen molar-refractivity contribution in [2.75, 3.05) is 19.6 Å². The first-order valence-corrected chi connectivity index (χ1v) is 8.72. The summed E-state index contributed by atoms with van der Waals surface area (Å²) >= 11 is 0. The third-order valence-corrected chi connectivity index (χ3v) is 4.51. The van der Waals surface area contributed by atoms with Gasteiger partial charge in [0, 0.05) is 37.3 Å². The van der Waals surface area contributed by atoms with Gasteiger partial charge in [-0.2, -0.15) is 0 Å². The number of carbonyl (C=O) groups is 2. The topological polar surface area (TPSA) is 75.9 Å². The van der Waals surface area contributed by atoms with Crippen LogP contribution in [0.4, 0.5) is 4.79 Å². The molecule has 0 aliphatic carbocycles. The van der Waals surface area contributed by atoms with Crippen LogP contribution < -0.4 is 5.73 Å². The minimum atomic E-state index is -0.479. The first-order valence-electron chi connectivity index (χ1n) is 8.72. The molecule has 1 aromatic rings. The molecule has 1 aliphatic heterocycles. The molecule has 0 radical (unpaired) electrons. The molecule has 1 aromatic carbocycles. The van der Waals surface area contributed by atoms with Gasteiger partial charge in [0.1, 0.15) is 5.60 Å². The van der Waals surface area contributed by atoms with E-state index in [0.29, 0.717) is 18.7 Å². The van der Waals surface area contributed by atoms with Crippen LogP contribution in [0.2, 0.25) is 0 Å². The zero-order chi connectivity index (χ0) is 18.8. The van der Waals surface area contributed by atoms with E-state index >= 15 is 0 Å². The minimum Gasteiger partial charge on any atom is -0.444 e. The van der Waals surface area contributed by atoms with Crippen molar-refractivity contribution in [2.24, 2.45) is 5.73 Å². The third-order valence-electron chi connectivity index (χ3n) is 4.51. The van der Waals surface area contributed by atoms with Gasteiger partial charge in [-0.15, -0.1) is 0 Å². The predicted octanol–water partition coefficient (Wildman–Crippen LogP) is 2.79. The summed E-state index contributed by atoms with van der Waals surface area (Å²) in [6.07, 6.45) is -0.252. The van der Waals surface area contributed by atoms with E-state index < -0.39 is 11.5 Å². The van der Waals surface area contributed by atoms with Crippen LogP contribution in [-0.4, -0.2) is 53.1 Å². The molecule has 6 nitrogen and oxygen atoms in total. The lowest BCUT2D eigenvalue weighted by molar-refractivity contribution is -0.000714. The number of piperazine rings is 1. The fraction of sp³-hybridized carbons (Fsp3) is 0.579. The van der Waals surface area contributed by atoms with Crippen molar-refractivity contribution in [3.8, 4) is 0 Å². The second kappa shape index (κ2) is 7.44. The molecule has 2 rings (SSSR count). The van der Waals surface area contributed by atoms with E-state index in [-0.39, 0.29) is 18.2 Å². The van der Waals surface area contributed by atoms with Gasteiger partial charge in [-0.3, -0.25) is 9.69 Å². The maximum absolute atomic E-state index is 12.2.